The van der Waals surface area contributed by atoms with Crippen LogP contribution in [0.5, 0.6) is 5.75 Å². The van der Waals surface area contributed by atoms with E-state index in [1.54, 1.807) is 6.92 Å². The van der Waals surface area contributed by atoms with E-state index in [-0.39, 0.29) is 0 Å². The van der Waals surface area contributed by atoms with E-state index in [1.165, 1.54) is 5.75 Å². The van der Waals surface area contributed by atoms with Gasteiger partial charge < -0.3 is 9.84 Å². The molecule has 1 aromatic rings. The molecule has 1 rings (SSSR count). The van der Waals surface area contributed by atoms with Crippen LogP contribution >= 0.6 is 11.8 Å². The van der Waals surface area contributed by atoms with Gasteiger partial charge in [-0.15, -0.1) is 0 Å². The van der Waals surface area contributed by atoms with Crippen LogP contribution in [0.15, 0.2) is 24.3 Å². The molecule has 0 fully saturated rings. The number of aliphatic hydroxyl groups is 1. The predicted octanol–water partition coefficient (Wildman–Crippen LogP) is 3.26. The summed E-state index contributed by atoms with van der Waals surface area (Å²) in [4.78, 5) is 0. The fourth-order valence-corrected chi connectivity index (χ4v) is 1.95. The normalized spacial score (nSPS) is 12.4. The molecule has 1 aromatic carbocycles. The highest BCUT2D eigenvalue weighted by molar-refractivity contribution is 7.99. The summed E-state index contributed by atoms with van der Waals surface area (Å²) in [6.45, 7) is 4.69. The van der Waals surface area contributed by atoms with Gasteiger partial charge >= 0.3 is 0 Å². The molecule has 1 atom stereocenters. The molecule has 0 aromatic heterocycles. The van der Waals surface area contributed by atoms with E-state index in [4.69, 9.17) is 4.74 Å². The van der Waals surface area contributed by atoms with Gasteiger partial charge in [0.15, 0.2) is 0 Å². The number of hydrogen-bond acceptors (Lipinski definition) is 3. The fourth-order valence-electron chi connectivity index (χ4n) is 1.34. The molecule has 0 saturated heterocycles. The summed E-state index contributed by atoms with van der Waals surface area (Å²) in [5.74, 6) is 3.21. The summed E-state index contributed by atoms with van der Waals surface area (Å²) in [7, 11) is 0. The van der Waals surface area contributed by atoms with Crippen LogP contribution < -0.4 is 4.74 Å². The Morgan fingerprint density at radius 3 is 2.56 bits per heavy atom. The lowest BCUT2D eigenvalue weighted by Gasteiger charge is -2.08. The van der Waals surface area contributed by atoms with Crippen LogP contribution in [-0.4, -0.2) is 23.2 Å². The molecule has 0 aliphatic carbocycles. The van der Waals surface area contributed by atoms with E-state index in [0.29, 0.717) is 0 Å². The number of aliphatic hydroxyl groups excluding tert-OH is 1. The first-order valence-corrected chi connectivity index (χ1v) is 6.88. The van der Waals surface area contributed by atoms with Crippen LogP contribution in [0, 0.1) is 0 Å². The molecular weight excluding hydrogens is 220 g/mol. The molecule has 1 N–H and O–H groups in total. The number of hydrogen-bond donors (Lipinski definition) is 1. The van der Waals surface area contributed by atoms with E-state index >= 15 is 0 Å². The minimum absolute atomic E-state index is 0.407. The van der Waals surface area contributed by atoms with Crippen molar-refractivity contribution in [3.8, 4) is 5.75 Å². The Balaban J connectivity index is 2.27. The van der Waals surface area contributed by atoms with Gasteiger partial charge in [-0.2, -0.15) is 11.8 Å². The summed E-state index contributed by atoms with van der Waals surface area (Å²) >= 11 is 1.94. The second-order valence-electron chi connectivity index (χ2n) is 3.64. The van der Waals surface area contributed by atoms with Crippen molar-refractivity contribution in [1.82, 2.24) is 0 Å². The smallest absolute Gasteiger partial charge is 0.119 e. The van der Waals surface area contributed by atoms with Crippen molar-refractivity contribution in [1.29, 1.82) is 0 Å². The highest BCUT2D eigenvalue weighted by Gasteiger charge is 2.00. The Labute approximate surface area is 102 Å². The largest absolute Gasteiger partial charge is 0.494 e. The van der Waals surface area contributed by atoms with Crippen molar-refractivity contribution < 1.29 is 9.84 Å². The molecule has 0 radical (unpaired) electrons. The predicted molar refractivity (Wildman–Crippen MR) is 70.2 cm³/mol. The Morgan fingerprint density at radius 1 is 1.31 bits per heavy atom. The van der Waals surface area contributed by atoms with E-state index in [9.17, 15) is 5.11 Å². The first-order chi connectivity index (χ1) is 7.74. The molecule has 0 spiro atoms. The summed E-state index contributed by atoms with van der Waals surface area (Å²) in [6, 6.07) is 7.63. The lowest BCUT2D eigenvalue weighted by molar-refractivity contribution is 0.199. The summed E-state index contributed by atoms with van der Waals surface area (Å²) in [6.07, 6.45) is 0.673. The first-order valence-electron chi connectivity index (χ1n) is 5.72. The second-order valence-corrected chi connectivity index (χ2v) is 5.04. The number of thioether (sulfide) groups is 1. The van der Waals surface area contributed by atoms with Crippen molar-refractivity contribution in [2.45, 2.75) is 26.4 Å². The zero-order valence-corrected chi connectivity index (χ0v) is 10.8. The molecule has 3 heteroatoms. The molecule has 2 nitrogen and oxygen atoms in total. The maximum Gasteiger partial charge on any atom is 0.119 e. The van der Waals surface area contributed by atoms with E-state index in [0.717, 1.165) is 30.1 Å². The number of ether oxygens (including phenoxy) is 1. The Morgan fingerprint density at radius 2 is 2.00 bits per heavy atom. The fraction of sp³-hybridized carbons (Fsp3) is 0.538. The Kier molecular flexibility index (Phi) is 6.34. The minimum Gasteiger partial charge on any atom is -0.494 e. The van der Waals surface area contributed by atoms with Gasteiger partial charge in [0.25, 0.3) is 0 Å². The van der Waals surface area contributed by atoms with Crippen LogP contribution in [0.3, 0.4) is 0 Å². The first kappa shape index (κ1) is 13.4. The third kappa shape index (κ3) is 4.90. The van der Waals surface area contributed by atoms with Crippen LogP contribution in [-0.2, 0) is 0 Å². The zero-order chi connectivity index (χ0) is 11.8. The number of rotatable bonds is 7. The van der Waals surface area contributed by atoms with Crippen molar-refractivity contribution in [2.75, 3.05) is 18.1 Å². The topological polar surface area (TPSA) is 29.5 Å². The average molecular weight is 240 g/mol. The quantitative estimate of drug-likeness (QED) is 0.742. The molecule has 0 aliphatic rings. The molecule has 0 amide bonds. The SMILES string of the molecule is CCSCCCOc1ccc([C@@H](C)O)cc1. The van der Waals surface area contributed by atoms with E-state index in [1.807, 2.05) is 36.0 Å². The van der Waals surface area contributed by atoms with Gasteiger partial charge in [-0.25, -0.2) is 0 Å². The Bertz CT molecular complexity index is 282. The average Bonchev–Trinajstić information content (AvgIpc) is 2.29. The van der Waals surface area contributed by atoms with Crippen molar-refractivity contribution in [3.05, 3.63) is 29.8 Å². The lowest BCUT2D eigenvalue weighted by atomic mass is 10.1. The van der Waals surface area contributed by atoms with E-state index < -0.39 is 6.10 Å². The lowest BCUT2D eigenvalue weighted by Crippen LogP contribution is -1.99. The third-order valence-electron chi connectivity index (χ3n) is 2.27. The molecular formula is C13H20O2S. The van der Waals surface area contributed by atoms with Crippen LogP contribution in [0.1, 0.15) is 31.9 Å². The van der Waals surface area contributed by atoms with Gasteiger partial charge in [-0.1, -0.05) is 19.1 Å². The minimum atomic E-state index is -0.407. The molecule has 0 bridgehead atoms. The van der Waals surface area contributed by atoms with Crippen molar-refractivity contribution in [3.63, 3.8) is 0 Å². The summed E-state index contributed by atoms with van der Waals surface area (Å²) in [5.41, 5.74) is 0.925. The summed E-state index contributed by atoms with van der Waals surface area (Å²) in [5, 5.41) is 9.34. The Hall–Kier alpha value is -0.670. The monoisotopic (exact) mass is 240 g/mol. The highest BCUT2D eigenvalue weighted by Crippen LogP contribution is 2.17. The number of benzene rings is 1. The molecule has 0 aliphatic heterocycles. The highest BCUT2D eigenvalue weighted by atomic mass is 32.2. The standard InChI is InChI=1S/C13H20O2S/c1-3-16-10-4-9-15-13-7-5-12(6-8-13)11(2)14/h5-8,11,14H,3-4,9-10H2,1-2H3/t11-/m1/s1. The van der Waals surface area contributed by atoms with Crippen molar-refractivity contribution >= 4 is 11.8 Å². The zero-order valence-electron chi connectivity index (χ0n) is 9.98. The van der Waals surface area contributed by atoms with Crippen molar-refractivity contribution in [2.24, 2.45) is 0 Å². The van der Waals surface area contributed by atoms with Gasteiger partial charge in [-0.3, -0.25) is 0 Å². The molecule has 90 valence electrons. The van der Waals surface area contributed by atoms with Gasteiger partial charge in [0.1, 0.15) is 5.75 Å². The van der Waals surface area contributed by atoms with Crippen LogP contribution in [0.4, 0.5) is 0 Å². The van der Waals surface area contributed by atoms with Gasteiger partial charge in [-0.05, 0) is 42.5 Å². The maximum atomic E-state index is 9.34. The molecule has 0 saturated carbocycles. The van der Waals surface area contributed by atoms with E-state index in [2.05, 4.69) is 6.92 Å². The molecule has 0 unspecified atom stereocenters. The maximum absolute atomic E-state index is 9.34. The van der Waals surface area contributed by atoms with Gasteiger partial charge in [0, 0.05) is 0 Å². The van der Waals surface area contributed by atoms with Gasteiger partial charge in [0.2, 0.25) is 0 Å². The second kappa shape index (κ2) is 7.58. The van der Waals surface area contributed by atoms with Gasteiger partial charge in [0.05, 0.1) is 12.7 Å². The molecule has 0 heterocycles. The van der Waals surface area contributed by atoms with Crippen LogP contribution in [0.2, 0.25) is 0 Å². The third-order valence-corrected chi connectivity index (χ3v) is 3.25. The summed E-state index contributed by atoms with van der Waals surface area (Å²) < 4.78 is 5.59. The molecule has 16 heavy (non-hydrogen) atoms. The van der Waals surface area contributed by atoms with Crippen LogP contribution in [0.25, 0.3) is 0 Å².